The molecule has 1 aliphatic heterocycles. The molecule has 1 saturated heterocycles. The van der Waals surface area contributed by atoms with Crippen molar-refractivity contribution in [1.29, 1.82) is 0 Å². The molecule has 0 aromatic rings. The summed E-state index contributed by atoms with van der Waals surface area (Å²) in [5.41, 5.74) is 0. The van der Waals surface area contributed by atoms with Crippen molar-refractivity contribution in [3.63, 3.8) is 0 Å². The Bertz CT molecular complexity index is 75.3. The molecule has 0 atom stereocenters. The summed E-state index contributed by atoms with van der Waals surface area (Å²) in [4.78, 5) is 0. The second-order valence-electron chi connectivity index (χ2n) is 3.07. The van der Waals surface area contributed by atoms with E-state index in [0.717, 1.165) is 25.9 Å². The van der Waals surface area contributed by atoms with Gasteiger partial charge >= 0.3 is 0 Å². The predicted molar refractivity (Wildman–Crippen MR) is 41.1 cm³/mol. The summed E-state index contributed by atoms with van der Waals surface area (Å²) in [6.45, 7) is 1.75. The highest BCUT2D eigenvalue weighted by Gasteiger charge is 2.02. The van der Waals surface area contributed by atoms with Crippen LogP contribution in [0.1, 0.15) is 38.5 Å². The largest absolute Gasteiger partial charge is 0.314 e. The highest BCUT2D eigenvalue weighted by Crippen LogP contribution is 2.09. The molecule has 0 aliphatic carbocycles. The minimum atomic E-state index is 0.875. The molecule has 1 heterocycles. The Morgan fingerprint density at radius 2 is 1.10 bits per heavy atom. The minimum Gasteiger partial charge on any atom is -0.314 e. The molecule has 60 valence electrons. The maximum absolute atomic E-state index is 9.17. The molecule has 0 bridgehead atoms. The van der Waals surface area contributed by atoms with Crippen LogP contribution >= 0.6 is 0 Å². The Morgan fingerprint density at radius 1 is 0.700 bits per heavy atom. The van der Waals surface area contributed by atoms with E-state index >= 15 is 0 Å². The third-order valence-corrected chi connectivity index (χ3v) is 2.08. The van der Waals surface area contributed by atoms with Crippen molar-refractivity contribution < 1.29 is 5.21 Å². The van der Waals surface area contributed by atoms with E-state index in [1.807, 2.05) is 0 Å². The van der Waals surface area contributed by atoms with Crippen molar-refractivity contribution in [2.45, 2.75) is 38.5 Å². The molecule has 0 radical (unpaired) electrons. The number of hydrogen-bond acceptors (Lipinski definition) is 2. The summed E-state index contributed by atoms with van der Waals surface area (Å²) in [7, 11) is 0. The zero-order chi connectivity index (χ0) is 7.23. The fraction of sp³-hybridized carbons (Fsp3) is 1.00. The van der Waals surface area contributed by atoms with Gasteiger partial charge < -0.3 is 5.21 Å². The van der Waals surface area contributed by atoms with Crippen molar-refractivity contribution in [2.24, 2.45) is 0 Å². The van der Waals surface area contributed by atoms with Gasteiger partial charge in [0.25, 0.3) is 0 Å². The Labute approximate surface area is 62.8 Å². The van der Waals surface area contributed by atoms with Gasteiger partial charge in [-0.2, -0.15) is 5.06 Å². The van der Waals surface area contributed by atoms with Crippen molar-refractivity contribution >= 4 is 0 Å². The van der Waals surface area contributed by atoms with Crippen LogP contribution in [0.25, 0.3) is 0 Å². The molecule has 0 aromatic heterocycles. The Kier molecular flexibility index (Phi) is 3.76. The molecule has 1 aliphatic rings. The molecular formula is C8H17NO. The molecular weight excluding hydrogens is 126 g/mol. The smallest absolute Gasteiger partial charge is 0.0238 e. The van der Waals surface area contributed by atoms with Gasteiger partial charge in [0.2, 0.25) is 0 Å². The van der Waals surface area contributed by atoms with Crippen LogP contribution < -0.4 is 0 Å². The number of nitrogens with zero attached hydrogens (tertiary/aromatic N) is 1. The van der Waals surface area contributed by atoms with Crippen LogP contribution in [0.3, 0.4) is 0 Å². The number of hydroxylamine groups is 2. The van der Waals surface area contributed by atoms with E-state index in [9.17, 15) is 5.21 Å². The van der Waals surface area contributed by atoms with Crippen LogP contribution in [0, 0.1) is 0 Å². The topological polar surface area (TPSA) is 23.5 Å². The number of hydrogen-bond donors (Lipinski definition) is 1. The molecule has 1 rings (SSSR count). The average Bonchev–Trinajstić information content (AvgIpc) is 2.02. The van der Waals surface area contributed by atoms with Crippen LogP contribution in [-0.2, 0) is 0 Å². The molecule has 0 saturated carbocycles. The fourth-order valence-corrected chi connectivity index (χ4v) is 1.41. The van der Waals surface area contributed by atoms with E-state index in [0.29, 0.717) is 0 Å². The van der Waals surface area contributed by atoms with Crippen LogP contribution in [-0.4, -0.2) is 23.4 Å². The monoisotopic (exact) mass is 143 g/mol. The number of rotatable bonds is 0. The lowest BCUT2D eigenvalue weighted by Crippen LogP contribution is -2.20. The Hall–Kier alpha value is -0.0800. The predicted octanol–water partition coefficient (Wildman–Crippen LogP) is 2.03. The van der Waals surface area contributed by atoms with E-state index in [4.69, 9.17) is 0 Å². The zero-order valence-electron chi connectivity index (χ0n) is 6.55. The quantitative estimate of drug-likeness (QED) is 0.561. The first-order chi connectivity index (χ1) is 4.89. The molecule has 0 aromatic carbocycles. The van der Waals surface area contributed by atoms with Crippen molar-refractivity contribution in [2.75, 3.05) is 13.1 Å². The first-order valence-electron chi connectivity index (χ1n) is 4.33. The van der Waals surface area contributed by atoms with Crippen LogP contribution in [0.5, 0.6) is 0 Å². The SMILES string of the molecule is ON1CCCCCCCC1. The molecule has 0 unspecified atom stereocenters. The molecule has 10 heavy (non-hydrogen) atoms. The third-order valence-electron chi connectivity index (χ3n) is 2.08. The van der Waals surface area contributed by atoms with Gasteiger partial charge in [-0.15, -0.1) is 0 Å². The Morgan fingerprint density at radius 3 is 1.60 bits per heavy atom. The Balaban J connectivity index is 2.15. The van der Waals surface area contributed by atoms with Crippen molar-refractivity contribution in [3.8, 4) is 0 Å². The molecule has 0 spiro atoms. The zero-order valence-corrected chi connectivity index (χ0v) is 6.55. The summed E-state index contributed by atoms with van der Waals surface area (Å²) < 4.78 is 0. The van der Waals surface area contributed by atoms with E-state index in [2.05, 4.69) is 0 Å². The van der Waals surface area contributed by atoms with Gasteiger partial charge in [-0.1, -0.05) is 25.7 Å². The summed E-state index contributed by atoms with van der Waals surface area (Å²) in [5.74, 6) is 0. The maximum atomic E-state index is 9.17. The van der Waals surface area contributed by atoms with Gasteiger partial charge in [-0.05, 0) is 12.8 Å². The second kappa shape index (κ2) is 4.69. The van der Waals surface area contributed by atoms with Crippen LogP contribution in [0.15, 0.2) is 0 Å². The van der Waals surface area contributed by atoms with Crippen LogP contribution in [0.2, 0.25) is 0 Å². The lowest BCUT2D eigenvalue weighted by molar-refractivity contribution is -0.0913. The van der Waals surface area contributed by atoms with Gasteiger partial charge in [-0.25, -0.2) is 0 Å². The van der Waals surface area contributed by atoms with Gasteiger partial charge in [0.05, 0.1) is 0 Å². The average molecular weight is 143 g/mol. The van der Waals surface area contributed by atoms with E-state index in [1.165, 1.54) is 30.7 Å². The van der Waals surface area contributed by atoms with E-state index < -0.39 is 0 Å². The molecule has 1 N–H and O–H groups in total. The summed E-state index contributed by atoms with van der Waals surface area (Å²) in [6.07, 6.45) is 7.61. The third kappa shape index (κ3) is 3.18. The molecule has 1 fully saturated rings. The van der Waals surface area contributed by atoms with Gasteiger partial charge in [0, 0.05) is 13.1 Å². The summed E-state index contributed by atoms with van der Waals surface area (Å²) in [5, 5.41) is 10.6. The maximum Gasteiger partial charge on any atom is 0.0238 e. The molecule has 2 nitrogen and oxygen atoms in total. The van der Waals surface area contributed by atoms with Gasteiger partial charge in [-0.3, -0.25) is 0 Å². The van der Waals surface area contributed by atoms with Crippen LogP contribution in [0.4, 0.5) is 0 Å². The van der Waals surface area contributed by atoms with Crippen molar-refractivity contribution in [3.05, 3.63) is 0 Å². The molecule has 2 heteroatoms. The first-order valence-corrected chi connectivity index (χ1v) is 4.33. The molecule has 0 amide bonds. The lowest BCUT2D eigenvalue weighted by Gasteiger charge is -2.11. The minimum absolute atomic E-state index is 0.875. The van der Waals surface area contributed by atoms with Gasteiger partial charge in [0.1, 0.15) is 0 Å². The standard InChI is InChI=1S/C8H17NO/c10-9-7-5-3-1-2-4-6-8-9/h10H,1-8H2. The van der Waals surface area contributed by atoms with E-state index in [-0.39, 0.29) is 0 Å². The highest BCUT2D eigenvalue weighted by molar-refractivity contribution is 4.53. The fourth-order valence-electron chi connectivity index (χ4n) is 1.41. The first kappa shape index (κ1) is 8.02. The van der Waals surface area contributed by atoms with E-state index in [1.54, 1.807) is 0 Å². The lowest BCUT2D eigenvalue weighted by atomic mass is 10.1. The highest BCUT2D eigenvalue weighted by atomic mass is 16.5. The van der Waals surface area contributed by atoms with Gasteiger partial charge in [0.15, 0.2) is 0 Å². The second-order valence-corrected chi connectivity index (χ2v) is 3.07. The summed E-state index contributed by atoms with van der Waals surface area (Å²) >= 11 is 0. The normalized spacial score (nSPS) is 24.9. The van der Waals surface area contributed by atoms with Crippen molar-refractivity contribution in [1.82, 2.24) is 5.06 Å². The summed E-state index contributed by atoms with van der Waals surface area (Å²) in [6, 6.07) is 0.